The van der Waals surface area contributed by atoms with Gasteiger partial charge in [-0.25, -0.2) is 0 Å². The van der Waals surface area contributed by atoms with E-state index in [2.05, 4.69) is 220 Å². The maximum absolute atomic E-state index is 6.46. The van der Waals surface area contributed by atoms with Crippen molar-refractivity contribution in [3.63, 3.8) is 0 Å². The number of nitrogens with one attached hydrogen (secondary N) is 1. The molecule has 0 bridgehead atoms. The summed E-state index contributed by atoms with van der Waals surface area (Å²) >= 11 is 0. The summed E-state index contributed by atoms with van der Waals surface area (Å²) in [6.07, 6.45) is 42.4. The lowest BCUT2D eigenvalue weighted by molar-refractivity contribution is 0.923. The van der Waals surface area contributed by atoms with Gasteiger partial charge >= 0.3 is 0 Å². The van der Waals surface area contributed by atoms with E-state index in [1.165, 1.54) is 83.2 Å². The molecule has 67 heavy (non-hydrogen) atoms. The highest BCUT2D eigenvalue weighted by molar-refractivity contribution is 7.30. The first-order valence-electron chi connectivity index (χ1n) is 23.7. The van der Waals surface area contributed by atoms with E-state index >= 15 is 0 Å². The molecular weight excluding hydrogens is 826 g/mol. The lowest BCUT2D eigenvalue weighted by Gasteiger charge is -2.21. The van der Waals surface area contributed by atoms with E-state index in [0.29, 0.717) is 21.0 Å². The van der Waals surface area contributed by atoms with E-state index in [1.54, 1.807) is 0 Å². The van der Waals surface area contributed by atoms with Crippen LogP contribution in [-0.4, -0.2) is 0 Å². The van der Waals surface area contributed by atoms with Gasteiger partial charge in [0.05, 0.1) is 5.92 Å². The minimum atomic E-state index is -0.135. The van der Waals surface area contributed by atoms with Crippen molar-refractivity contribution in [1.82, 2.24) is 5.32 Å². The molecule has 0 saturated carbocycles. The highest BCUT2D eigenvalue weighted by Crippen LogP contribution is 2.43. The van der Waals surface area contributed by atoms with Gasteiger partial charge in [0.15, 0.2) is 0 Å². The van der Waals surface area contributed by atoms with Crippen molar-refractivity contribution in [3.8, 4) is 46.9 Å². The van der Waals surface area contributed by atoms with Crippen LogP contribution in [0.15, 0.2) is 211 Å². The van der Waals surface area contributed by atoms with Crippen LogP contribution in [0.1, 0.15) is 88.8 Å². The fourth-order valence-corrected chi connectivity index (χ4v) is 10.7. The van der Waals surface area contributed by atoms with Gasteiger partial charge in [-0.05, 0) is 153 Å². The van der Waals surface area contributed by atoms with E-state index in [9.17, 15) is 0 Å². The summed E-state index contributed by atoms with van der Waals surface area (Å²) in [6.45, 7) is 6.76. The summed E-state index contributed by atoms with van der Waals surface area (Å²) in [7, 11) is 0.554. The second kappa shape index (κ2) is 22.8. The lowest BCUT2D eigenvalue weighted by atomic mass is 9.84. The van der Waals surface area contributed by atoms with Gasteiger partial charge in [-0.1, -0.05) is 189 Å². The maximum Gasteiger partial charge on any atom is 0.0676 e. The minimum Gasteiger partial charge on any atom is -0.361 e. The Morgan fingerprint density at radius 3 is 2.24 bits per heavy atom. The monoisotopic (exact) mass is 885 g/mol. The van der Waals surface area contributed by atoms with Gasteiger partial charge in [0.2, 0.25) is 0 Å². The first-order chi connectivity index (χ1) is 33.0. The summed E-state index contributed by atoms with van der Waals surface area (Å²) in [4.78, 5) is 0. The third-order valence-corrected chi connectivity index (χ3v) is 14.1. The molecule has 1 aliphatic heterocycles. The number of aryl methyl sites for hydroxylation is 1. The van der Waals surface area contributed by atoms with Crippen LogP contribution in [0.3, 0.4) is 0 Å². The fourth-order valence-electron chi connectivity index (χ4n) is 9.59. The van der Waals surface area contributed by atoms with Gasteiger partial charge < -0.3 is 5.32 Å². The largest absolute Gasteiger partial charge is 0.361 e. The number of hydrogen-bond donors (Lipinski definition) is 1. The molecule has 1 aromatic heterocycles. The highest BCUT2D eigenvalue weighted by atomic mass is 31.0. The van der Waals surface area contributed by atoms with Gasteiger partial charge in [-0.2, -0.15) is 0 Å². The molecule has 2 heteroatoms. The van der Waals surface area contributed by atoms with Crippen molar-refractivity contribution < 1.29 is 0 Å². The van der Waals surface area contributed by atoms with Gasteiger partial charge in [-0.15, -0.1) is 27.0 Å². The summed E-state index contributed by atoms with van der Waals surface area (Å²) in [5.74, 6) is 8.20. The molecule has 0 saturated heterocycles. The van der Waals surface area contributed by atoms with Crippen LogP contribution in [0.2, 0.25) is 0 Å². The summed E-state index contributed by atoms with van der Waals surface area (Å²) in [6, 6.07) is 44.4. The molecule has 1 nitrogen and oxygen atoms in total. The number of rotatable bonds is 14. The highest BCUT2D eigenvalue weighted by Gasteiger charge is 2.22. The van der Waals surface area contributed by atoms with Crippen molar-refractivity contribution in [2.75, 3.05) is 0 Å². The van der Waals surface area contributed by atoms with E-state index in [4.69, 9.17) is 12.8 Å². The van der Waals surface area contributed by atoms with Crippen LogP contribution in [0.4, 0.5) is 0 Å². The molecular formula is C65H60NP. The molecule has 330 valence electrons. The first kappa shape index (κ1) is 46.3. The maximum atomic E-state index is 6.46. The molecule has 0 radical (unpaired) electrons. The van der Waals surface area contributed by atoms with Gasteiger partial charge in [0, 0.05) is 23.9 Å². The predicted octanol–water partition coefficient (Wildman–Crippen LogP) is 16.3. The third-order valence-electron chi connectivity index (χ3n) is 12.9. The molecule has 0 fully saturated rings. The van der Waals surface area contributed by atoms with Crippen LogP contribution < -0.4 is 5.32 Å². The molecule has 1 aliphatic carbocycles. The Balaban J connectivity index is 1.13. The standard InChI is InChI=1S/C65H60NP/c1-6-9-10-28-52(39-40-56-45-49(8-3)65-62(41-43-67-65)60-35-19-15-31-55(60)46-54-30-14-17-33-58(54)56)64(63-38-21-22-42-66-63)61-36-20-16-29-53(61)44-47(4)25-11-12-26-50-32-23-37-57(48(50)5)59-34-18-13-27-51(59)24-7-2/h1,3,10-23,25,27-39,41-43,45,49,66-67H,7,9,24,26,40,44,46H2,2,4-5H3/b12-11-,28-10-,47-25+,52-39+,56-45-,64-63-. The Labute approximate surface area is 402 Å². The number of dihydropyridines is 1. The number of benzene rings is 5. The number of allylic oxidation sites excluding steroid dienone is 14. The van der Waals surface area contributed by atoms with Crippen molar-refractivity contribution >= 4 is 19.3 Å². The zero-order valence-electron chi connectivity index (χ0n) is 39.2. The minimum absolute atomic E-state index is 0.135. The SMILES string of the molecule is C#CC\C=C/C(=C\C/C1=C/C(C#C)c2[pH]ccc2-c2ccccc2Cc2ccccc21)C(=C1\C=CC=CN1)/c1ccccc1C/C(C)=C/C=C\Cc1cccc(-c2ccccc2CCC)c1C. The van der Waals surface area contributed by atoms with Gasteiger partial charge in [0.25, 0.3) is 0 Å². The topological polar surface area (TPSA) is 12.0 Å². The Morgan fingerprint density at radius 1 is 0.746 bits per heavy atom. The number of hydrogen-bond acceptors (Lipinski definition) is 1. The van der Waals surface area contributed by atoms with Crippen LogP contribution in [0.25, 0.3) is 33.4 Å². The first-order valence-corrected chi connectivity index (χ1v) is 24.8. The molecule has 2 unspecified atom stereocenters. The Morgan fingerprint density at radius 2 is 1.46 bits per heavy atom. The van der Waals surface area contributed by atoms with Crippen molar-refractivity contribution in [2.45, 2.75) is 71.6 Å². The Bertz CT molecular complexity index is 3080. The van der Waals surface area contributed by atoms with Crippen molar-refractivity contribution in [1.29, 1.82) is 0 Å². The zero-order chi connectivity index (χ0) is 46.4. The quantitative estimate of drug-likeness (QED) is 0.0849. The summed E-state index contributed by atoms with van der Waals surface area (Å²) < 4.78 is 0. The number of terminal acetylenes is 2. The van der Waals surface area contributed by atoms with Crippen molar-refractivity contribution in [2.24, 2.45) is 0 Å². The molecule has 0 amide bonds. The summed E-state index contributed by atoms with van der Waals surface area (Å²) in [5.41, 5.74) is 21.4. The summed E-state index contributed by atoms with van der Waals surface area (Å²) in [5, 5.41) is 4.93. The van der Waals surface area contributed by atoms with Crippen LogP contribution in [-0.2, 0) is 25.7 Å². The molecule has 2 heterocycles. The van der Waals surface area contributed by atoms with E-state index in [1.807, 2.05) is 12.3 Å². The predicted molar refractivity (Wildman–Crippen MR) is 291 cm³/mol. The third kappa shape index (κ3) is 11.1. The molecule has 2 aliphatic rings. The van der Waals surface area contributed by atoms with Crippen LogP contribution >= 0.6 is 8.19 Å². The lowest BCUT2D eigenvalue weighted by Crippen LogP contribution is -2.10. The van der Waals surface area contributed by atoms with Crippen molar-refractivity contribution in [3.05, 3.63) is 261 Å². The van der Waals surface area contributed by atoms with Crippen LogP contribution in [0, 0.1) is 31.6 Å². The van der Waals surface area contributed by atoms with Gasteiger partial charge in [0.1, 0.15) is 0 Å². The molecule has 8 rings (SSSR count). The average molecular weight is 886 g/mol. The van der Waals surface area contributed by atoms with Crippen LogP contribution in [0.5, 0.6) is 0 Å². The van der Waals surface area contributed by atoms with Gasteiger partial charge in [-0.3, -0.25) is 0 Å². The molecule has 6 aromatic rings. The molecule has 5 aromatic carbocycles. The smallest absolute Gasteiger partial charge is 0.0676 e. The second-order valence-corrected chi connectivity index (χ2v) is 18.6. The van der Waals surface area contributed by atoms with E-state index in [-0.39, 0.29) is 5.92 Å². The normalized spacial score (nSPS) is 16.4. The Hall–Kier alpha value is -7.28. The number of fused-ring (bicyclic) bond motifs is 4. The second-order valence-electron chi connectivity index (χ2n) is 17.4. The Kier molecular flexibility index (Phi) is 15.7. The zero-order valence-corrected chi connectivity index (χ0v) is 40.2. The molecule has 0 spiro atoms. The fraction of sp³-hybridized carbons (Fsp3) is 0.169. The molecule has 2 atom stereocenters. The van der Waals surface area contributed by atoms with E-state index in [0.717, 1.165) is 48.9 Å². The molecule has 1 N–H and O–H groups in total. The average Bonchev–Trinajstić information content (AvgIpc) is 3.85. The van der Waals surface area contributed by atoms with E-state index < -0.39 is 0 Å².